The highest BCUT2D eigenvalue weighted by Crippen LogP contribution is 2.42. The lowest BCUT2D eigenvalue weighted by molar-refractivity contribution is -0.265. The number of carbonyl (C=O) groups excluding carboxylic acids is 2. The molecule has 0 saturated carbocycles. The second kappa shape index (κ2) is 12.7. The smallest absolute Gasteiger partial charge is 0.424 e. The molecule has 0 aliphatic rings. The van der Waals surface area contributed by atoms with Crippen molar-refractivity contribution in [1.82, 2.24) is 15.3 Å². The van der Waals surface area contributed by atoms with Crippen LogP contribution in [0, 0.1) is 12.7 Å². The number of aryl methyl sites for hydroxylation is 1. The molecule has 44 heavy (non-hydrogen) atoms. The number of methoxy groups -OCH3 is 1. The molecule has 0 saturated heterocycles. The summed E-state index contributed by atoms with van der Waals surface area (Å²) < 4.78 is 73.7. The van der Waals surface area contributed by atoms with Gasteiger partial charge in [0, 0.05) is 16.7 Å². The summed E-state index contributed by atoms with van der Waals surface area (Å²) in [4.78, 5) is 33.0. The highest BCUT2D eigenvalue weighted by Gasteiger charge is 2.56. The third kappa shape index (κ3) is 6.49. The Morgan fingerprint density at radius 1 is 1.11 bits per heavy atom. The van der Waals surface area contributed by atoms with Crippen LogP contribution in [-0.2, 0) is 16.8 Å². The first-order valence-corrected chi connectivity index (χ1v) is 13.2. The van der Waals surface area contributed by atoms with Gasteiger partial charge in [-0.3, -0.25) is 9.59 Å². The van der Waals surface area contributed by atoms with E-state index < -0.39 is 48.1 Å². The summed E-state index contributed by atoms with van der Waals surface area (Å²) in [5.41, 5.74) is 1.45. The molecular formula is C30H28F4N4O6. The van der Waals surface area contributed by atoms with Crippen LogP contribution >= 0.6 is 0 Å². The maximum Gasteiger partial charge on any atom is 0.424 e. The Kier molecular flexibility index (Phi) is 9.23. The fourth-order valence-corrected chi connectivity index (χ4v) is 4.45. The van der Waals surface area contributed by atoms with Crippen LogP contribution in [0.2, 0.25) is 0 Å². The molecule has 0 spiro atoms. The number of nitrogens with zero attached hydrogens (tertiary/aromatic N) is 2. The lowest BCUT2D eigenvalue weighted by Crippen LogP contribution is -2.51. The molecule has 4 N–H and O–H groups in total. The Morgan fingerprint density at radius 3 is 2.39 bits per heavy atom. The van der Waals surface area contributed by atoms with E-state index in [1.165, 1.54) is 43.8 Å². The lowest BCUT2D eigenvalue weighted by atomic mass is 9.93. The summed E-state index contributed by atoms with van der Waals surface area (Å²) in [5.74, 6) is -1.97. The summed E-state index contributed by atoms with van der Waals surface area (Å²) in [6.07, 6.45) is -4.69. The summed E-state index contributed by atoms with van der Waals surface area (Å²) >= 11 is 0. The molecule has 232 valence electrons. The number of hydrogen-bond acceptors (Lipinski definition) is 8. The number of nitrogens with two attached hydrogens (primary N) is 1. The molecule has 0 aliphatic carbocycles. The number of aromatic nitrogens is 2. The number of amides is 2. The Morgan fingerprint density at radius 2 is 1.82 bits per heavy atom. The number of halogens is 4. The lowest BCUT2D eigenvalue weighted by Gasteiger charge is -2.31. The first-order chi connectivity index (χ1) is 20.8. The molecule has 0 bridgehead atoms. The van der Waals surface area contributed by atoms with Crippen LogP contribution in [-0.4, -0.2) is 53.3 Å². The van der Waals surface area contributed by atoms with Crippen molar-refractivity contribution in [2.45, 2.75) is 32.0 Å². The highest BCUT2D eigenvalue weighted by atomic mass is 19.4. The second-order valence-corrected chi connectivity index (χ2v) is 9.65. The van der Waals surface area contributed by atoms with Gasteiger partial charge in [-0.25, -0.2) is 14.4 Å². The molecule has 2 aromatic carbocycles. The van der Waals surface area contributed by atoms with Gasteiger partial charge in [0.25, 0.3) is 5.91 Å². The summed E-state index contributed by atoms with van der Waals surface area (Å²) in [5, 5.41) is 13.3. The molecule has 14 heteroatoms. The zero-order valence-electron chi connectivity index (χ0n) is 23.8. The van der Waals surface area contributed by atoms with E-state index in [0.29, 0.717) is 17.0 Å². The molecule has 2 heterocycles. The standard InChI is InChI=1S/C30H28F4N4O6/c1-4-43-27-19(13-24(35)39)12-23(38-25(27)17-5-8-20(31)9-6-17)29(41,30(32,33)34)14-36-28(40)18-7-10-21(22(11-18)42-3)26-16(2)37-15-44-26/h5-12,15,41H,4,13-14H2,1-3H3,(H2,35,39)(H,36,40)/t29-/m0/s1. The Hall–Kier alpha value is -4.98. The van der Waals surface area contributed by atoms with Crippen molar-refractivity contribution >= 4 is 11.8 Å². The van der Waals surface area contributed by atoms with E-state index in [-0.39, 0.29) is 40.5 Å². The molecule has 1 atom stereocenters. The van der Waals surface area contributed by atoms with Gasteiger partial charge in [0.2, 0.25) is 11.5 Å². The van der Waals surface area contributed by atoms with E-state index in [1.54, 1.807) is 13.8 Å². The van der Waals surface area contributed by atoms with Gasteiger partial charge in [-0.1, -0.05) is 0 Å². The molecule has 0 fully saturated rings. The molecule has 10 nitrogen and oxygen atoms in total. The van der Waals surface area contributed by atoms with Crippen LogP contribution in [0.1, 0.15) is 34.2 Å². The van der Waals surface area contributed by atoms with Crippen molar-refractivity contribution in [2.75, 3.05) is 20.3 Å². The number of carbonyl (C=O) groups is 2. The molecule has 4 rings (SSSR count). The summed E-state index contributed by atoms with van der Waals surface area (Å²) in [6, 6.07) is 9.60. The quantitative estimate of drug-likeness (QED) is 0.209. The van der Waals surface area contributed by atoms with Gasteiger partial charge in [-0.15, -0.1) is 0 Å². The number of rotatable bonds is 11. The summed E-state index contributed by atoms with van der Waals surface area (Å²) in [7, 11) is 1.34. The minimum atomic E-state index is -5.37. The summed E-state index contributed by atoms with van der Waals surface area (Å²) in [6.45, 7) is 1.98. The predicted octanol–water partition coefficient (Wildman–Crippen LogP) is 4.47. The number of nitrogens with one attached hydrogen (secondary N) is 1. The van der Waals surface area contributed by atoms with Gasteiger partial charge in [0.15, 0.2) is 12.2 Å². The second-order valence-electron chi connectivity index (χ2n) is 9.65. The average molecular weight is 617 g/mol. The van der Waals surface area contributed by atoms with Gasteiger partial charge in [0.1, 0.15) is 23.0 Å². The van der Waals surface area contributed by atoms with Gasteiger partial charge in [-0.2, -0.15) is 13.2 Å². The maximum atomic E-state index is 14.6. The van der Waals surface area contributed by atoms with E-state index >= 15 is 0 Å². The normalized spacial score (nSPS) is 12.8. The number of oxazole rings is 1. The van der Waals surface area contributed by atoms with Crippen molar-refractivity contribution < 1.29 is 46.1 Å². The average Bonchev–Trinajstić information content (AvgIpc) is 3.41. The number of primary amides is 1. The van der Waals surface area contributed by atoms with Crippen LogP contribution in [0.4, 0.5) is 17.6 Å². The van der Waals surface area contributed by atoms with E-state index in [4.69, 9.17) is 19.6 Å². The van der Waals surface area contributed by atoms with Gasteiger partial charge < -0.3 is 30.0 Å². The molecule has 0 aliphatic heterocycles. The van der Waals surface area contributed by atoms with Crippen molar-refractivity contribution in [3.63, 3.8) is 0 Å². The maximum absolute atomic E-state index is 14.6. The number of alkyl halides is 3. The minimum Gasteiger partial charge on any atom is -0.496 e. The molecule has 2 aromatic heterocycles. The Bertz CT molecular complexity index is 1670. The van der Waals surface area contributed by atoms with Crippen molar-refractivity contribution in [3.8, 4) is 34.1 Å². The predicted molar refractivity (Wildman–Crippen MR) is 149 cm³/mol. The molecule has 2 amide bonds. The largest absolute Gasteiger partial charge is 0.496 e. The van der Waals surface area contributed by atoms with Gasteiger partial charge in [-0.05, 0) is 62.4 Å². The number of ether oxygens (including phenoxy) is 2. The fourth-order valence-electron chi connectivity index (χ4n) is 4.45. The number of benzene rings is 2. The van der Waals surface area contributed by atoms with Gasteiger partial charge in [0.05, 0.1) is 43.6 Å². The van der Waals surface area contributed by atoms with Crippen LogP contribution in [0.5, 0.6) is 11.5 Å². The zero-order valence-corrected chi connectivity index (χ0v) is 23.8. The van der Waals surface area contributed by atoms with Crippen molar-refractivity contribution in [3.05, 3.63) is 83.3 Å². The Labute approximate surface area is 248 Å². The fraction of sp³-hybridized carbons (Fsp3) is 0.267. The molecular weight excluding hydrogens is 588 g/mol. The first-order valence-electron chi connectivity index (χ1n) is 13.2. The highest BCUT2D eigenvalue weighted by molar-refractivity contribution is 5.95. The van der Waals surface area contributed by atoms with Gasteiger partial charge >= 0.3 is 6.18 Å². The third-order valence-electron chi connectivity index (χ3n) is 6.67. The van der Waals surface area contributed by atoms with E-state index in [9.17, 15) is 32.3 Å². The van der Waals surface area contributed by atoms with E-state index in [2.05, 4.69) is 15.3 Å². The Balaban J connectivity index is 1.75. The van der Waals surface area contributed by atoms with E-state index in [1.807, 2.05) is 0 Å². The topological polar surface area (TPSA) is 150 Å². The zero-order chi connectivity index (χ0) is 32.2. The first kappa shape index (κ1) is 31.9. The monoisotopic (exact) mass is 616 g/mol. The van der Waals surface area contributed by atoms with Crippen LogP contribution in [0.25, 0.3) is 22.6 Å². The number of hydrogen-bond donors (Lipinski definition) is 3. The molecule has 0 unspecified atom stereocenters. The third-order valence-corrected chi connectivity index (χ3v) is 6.67. The minimum absolute atomic E-state index is 0.0405. The van der Waals surface area contributed by atoms with Crippen LogP contribution < -0.4 is 20.5 Å². The molecule has 0 radical (unpaired) electrons. The SMILES string of the molecule is CCOc1c(CC(N)=O)cc([C@@](O)(CNC(=O)c2ccc(-c3ocnc3C)c(OC)c2)C(F)(F)F)nc1-c1ccc(F)cc1. The molecule has 4 aromatic rings. The van der Waals surface area contributed by atoms with Crippen molar-refractivity contribution in [2.24, 2.45) is 5.73 Å². The van der Waals surface area contributed by atoms with Crippen LogP contribution in [0.15, 0.2) is 59.3 Å². The number of pyridine rings is 1. The van der Waals surface area contributed by atoms with Crippen molar-refractivity contribution in [1.29, 1.82) is 0 Å². The van der Waals surface area contributed by atoms with Crippen LogP contribution in [0.3, 0.4) is 0 Å². The number of aliphatic hydroxyl groups is 1. The van der Waals surface area contributed by atoms with E-state index in [0.717, 1.165) is 18.2 Å².